The number of H-pyrrole nitrogens is 1. The van der Waals surface area contributed by atoms with Crippen LogP contribution in [0.3, 0.4) is 0 Å². The van der Waals surface area contributed by atoms with Gasteiger partial charge < -0.3 is 19.9 Å². The second-order valence-electron chi connectivity index (χ2n) is 8.47. The highest BCUT2D eigenvalue weighted by atomic mass is 16.5. The average molecular weight is 421 g/mol. The number of aromatic nitrogens is 1. The number of likely N-dealkylation sites (tertiary alicyclic amines) is 1. The molecule has 3 aromatic rings. The van der Waals surface area contributed by atoms with Gasteiger partial charge in [-0.25, -0.2) is 4.79 Å². The van der Waals surface area contributed by atoms with Crippen molar-refractivity contribution in [3.63, 3.8) is 0 Å². The first kappa shape index (κ1) is 21.1. The highest BCUT2D eigenvalue weighted by molar-refractivity contribution is 6.12. The number of hydrogen-bond donors (Lipinski definition) is 3. The van der Waals surface area contributed by atoms with Crippen molar-refractivity contribution in [2.45, 2.75) is 26.2 Å². The highest BCUT2D eigenvalue weighted by Gasteiger charge is 2.26. The summed E-state index contributed by atoms with van der Waals surface area (Å²) in [4.78, 5) is 29.5. The second kappa shape index (κ2) is 9.35. The molecule has 0 unspecified atom stereocenters. The van der Waals surface area contributed by atoms with E-state index in [1.54, 1.807) is 0 Å². The molecule has 6 heteroatoms. The Morgan fingerprint density at radius 1 is 1.10 bits per heavy atom. The van der Waals surface area contributed by atoms with Crippen molar-refractivity contribution >= 4 is 28.5 Å². The molecule has 0 radical (unpaired) electrons. The summed E-state index contributed by atoms with van der Waals surface area (Å²) in [5, 5.41) is 3.85. The summed E-state index contributed by atoms with van der Waals surface area (Å²) in [5.74, 6) is 0.113. The summed E-state index contributed by atoms with van der Waals surface area (Å²) in [6.07, 6.45) is 3.35. The van der Waals surface area contributed by atoms with Crippen LogP contribution in [0.15, 0.2) is 48.5 Å². The van der Waals surface area contributed by atoms with E-state index in [4.69, 9.17) is 4.74 Å². The average Bonchev–Trinajstić information content (AvgIpc) is 3.15. The van der Waals surface area contributed by atoms with E-state index in [-0.39, 0.29) is 11.6 Å². The zero-order valence-corrected chi connectivity index (χ0v) is 18.2. The third kappa shape index (κ3) is 4.80. The molecule has 0 spiro atoms. The quantitative estimate of drug-likeness (QED) is 0.537. The molecule has 31 heavy (non-hydrogen) atoms. The van der Waals surface area contributed by atoms with Crippen molar-refractivity contribution in [3.8, 4) is 0 Å². The Morgan fingerprint density at radius 2 is 1.84 bits per heavy atom. The molecule has 1 fully saturated rings. The van der Waals surface area contributed by atoms with E-state index in [1.807, 2.05) is 25.1 Å². The van der Waals surface area contributed by atoms with E-state index in [2.05, 4.69) is 40.6 Å². The maximum atomic E-state index is 12.9. The van der Waals surface area contributed by atoms with Gasteiger partial charge in [-0.2, -0.15) is 0 Å². The predicted octanol–water partition coefficient (Wildman–Crippen LogP) is 2.74. The molecule has 1 aliphatic rings. The van der Waals surface area contributed by atoms with Crippen LogP contribution in [-0.2, 0) is 16.0 Å². The highest BCUT2D eigenvalue weighted by Crippen LogP contribution is 2.31. The van der Waals surface area contributed by atoms with Crippen LogP contribution in [-0.4, -0.2) is 43.6 Å². The number of anilines is 1. The minimum Gasteiger partial charge on any atom is -0.464 e. The van der Waals surface area contributed by atoms with Crippen LogP contribution in [0, 0.1) is 12.8 Å². The topological polar surface area (TPSA) is 75.6 Å². The summed E-state index contributed by atoms with van der Waals surface area (Å²) in [5.41, 5.74) is 4.00. The fraction of sp³-hybridized carbons (Fsp3) is 0.360. The molecule has 0 atom stereocenters. The lowest BCUT2D eigenvalue weighted by atomic mass is 9.90. The van der Waals surface area contributed by atoms with Gasteiger partial charge in [0.05, 0.1) is 25.9 Å². The van der Waals surface area contributed by atoms with Gasteiger partial charge in [0.25, 0.3) is 5.91 Å². The van der Waals surface area contributed by atoms with E-state index in [0.29, 0.717) is 18.2 Å². The van der Waals surface area contributed by atoms with E-state index in [9.17, 15) is 9.59 Å². The van der Waals surface area contributed by atoms with Crippen LogP contribution < -0.4 is 10.2 Å². The molecule has 0 aliphatic carbocycles. The molecular formula is C25H30N3O3+. The van der Waals surface area contributed by atoms with Gasteiger partial charge in [-0.1, -0.05) is 42.5 Å². The van der Waals surface area contributed by atoms with Crippen molar-refractivity contribution in [3.05, 3.63) is 65.4 Å². The Balaban J connectivity index is 1.39. The molecule has 2 heterocycles. The van der Waals surface area contributed by atoms with Gasteiger partial charge in [0, 0.05) is 10.9 Å². The number of hydrogen-bond acceptors (Lipinski definition) is 3. The van der Waals surface area contributed by atoms with Gasteiger partial charge >= 0.3 is 5.97 Å². The van der Waals surface area contributed by atoms with Gasteiger partial charge in [-0.3, -0.25) is 4.79 Å². The van der Waals surface area contributed by atoms with Crippen molar-refractivity contribution in [1.29, 1.82) is 0 Å². The maximum Gasteiger partial charge on any atom is 0.356 e. The molecule has 1 saturated heterocycles. The molecule has 162 valence electrons. The molecule has 2 aromatic carbocycles. The minimum atomic E-state index is -0.486. The zero-order chi connectivity index (χ0) is 21.8. The molecule has 0 bridgehead atoms. The summed E-state index contributed by atoms with van der Waals surface area (Å²) >= 11 is 0. The number of quaternary nitrogens is 1. The van der Waals surface area contributed by atoms with Crippen molar-refractivity contribution < 1.29 is 19.2 Å². The standard InChI is InChI=1S/C25H29N3O3/c1-17-7-6-10-20-22(17)23(24(26-20)25(30)31-2)27-21(29)16-28-13-11-19(12-14-28)15-18-8-4-3-5-9-18/h3-10,19,26H,11-16H2,1-2H3,(H,27,29)/p+1. The third-order valence-electron chi connectivity index (χ3n) is 6.28. The third-order valence-corrected chi connectivity index (χ3v) is 6.28. The molecule has 1 aliphatic heterocycles. The number of benzene rings is 2. The number of esters is 1. The molecule has 3 N–H and O–H groups in total. The fourth-order valence-electron chi connectivity index (χ4n) is 4.63. The Labute approximate surface area is 182 Å². The molecule has 0 saturated carbocycles. The number of rotatable bonds is 6. The van der Waals surface area contributed by atoms with Gasteiger partial charge in [0.1, 0.15) is 5.69 Å². The van der Waals surface area contributed by atoms with Crippen LogP contribution in [0.4, 0.5) is 5.69 Å². The number of amides is 1. The number of piperidine rings is 1. The van der Waals surface area contributed by atoms with Crippen molar-refractivity contribution in [1.82, 2.24) is 4.98 Å². The van der Waals surface area contributed by atoms with Gasteiger partial charge in [-0.15, -0.1) is 0 Å². The Morgan fingerprint density at radius 3 is 2.55 bits per heavy atom. The number of carbonyl (C=O) groups excluding carboxylic acids is 2. The number of methoxy groups -OCH3 is 1. The molecular weight excluding hydrogens is 390 g/mol. The SMILES string of the molecule is COC(=O)c1[nH]c2cccc(C)c2c1NC(=O)C[NH+]1CCC(Cc2ccccc2)CC1. The maximum absolute atomic E-state index is 12.9. The summed E-state index contributed by atoms with van der Waals surface area (Å²) in [6, 6.07) is 16.4. The first-order valence-corrected chi connectivity index (χ1v) is 10.9. The van der Waals surface area contributed by atoms with E-state index >= 15 is 0 Å². The van der Waals surface area contributed by atoms with E-state index in [0.717, 1.165) is 48.8 Å². The van der Waals surface area contributed by atoms with Crippen LogP contribution in [0.25, 0.3) is 10.9 Å². The van der Waals surface area contributed by atoms with Crippen LogP contribution in [0.5, 0.6) is 0 Å². The fourth-order valence-corrected chi connectivity index (χ4v) is 4.63. The van der Waals surface area contributed by atoms with Crippen molar-refractivity contribution in [2.24, 2.45) is 5.92 Å². The lowest BCUT2D eigenvalue weighted by molar-refractivity contribution is -0.898. The molecule has 6 nitrogen and oxygen atoms in total. The lowest BCUT2D eigenvalue weighted by Crippen LogP contribution is -3.14. The number of aryl methyl sites for hydroxylation is 1. The van der Waals surface area contributed by atoms with E-state index < -0.39 is 5.97 Å². The van der Waals surface area contributed by atoms with Gasteiger partial charge in [-0.05, 0) is 49.3 Å². The second-order valence-corrected chi connectivity index (χ2v) is 8.47. The van der Waals surface area contributed by atoms with Gasteiger partial charge in [0.15, 0.2) is 6.54 Å². The number of aromatic amines is 1. The first-order chi connectivity index (χ1) is 15.0. The summed E-state index contributed by atoms with van der Waals surface area (Å²) in [6.45, 7) is 4.34. The molecule has 1 amide bonds. The van der Waals surface area contributed by atoms with E-state index in [1.165, 1.54) is 17.6 Å². The molecule has 4 rings (SSSR count). The Hall–Kier alpha value is -3.12. The monoisotopic (exact) mass is 420 g/mol. The smallest absolute Gasteiger partial charge is 0.356 e. The summed E-state index contributed by atoms with van der Waals surface area (Å²) < 4.78 is 4.91. The summed E-state index contributed by atoms with van der Waals surface area (Å²) in [7, 11) is 1.34. The Kier molecular flexibility index (Phi) is 6.37. The Bertz CT molecular complexity index is 1070. The largest absolute Gasteiger partial charge is 0.464 e. The number of fused-ring (bicyclic) bond motifs is 1. The normalized spacial score (nSPS) is 18.6. The number of ether oxygens (including phenoxy) is 1. The van der Waals surface area contributed by atoms with Crippen LogP contribution in [0.2, 0.25) is 0 Å². The minimum absolute atomic E-state index is 0.0779. The number of carbonyl (C=O) groups is 2. The van der Waals surface area contributed by atoms with Crippen LogP contribution >= 0.6 is 0 Å². The van der Waals surface area contributed by atoms with Crippen molar-refractivity contribution in [2.75, 3.05) is 32.1 Å². The zero-order valence-electron chi connectivity index (χ0n) is 18.2. The van der Waals surface area contributed by atoms with Crippen LogP contribution in [0.1, 0.15) is 34.5 Å². The lowest BCUT2D eigenvalue weighted by Gasteiger charge is -2.29. The first-order valence-electron chi connectivity index (χ1n) is 10.9. The number of nitrogens with one attached hydrogen (secondary N) is 3. The molecule has 1 aromatic heterocycles. The van der Waals surface area contributed by atoms with Gasteiger partial charge in [0.2, 0.25) is 0 Å². The predicted molar refractivity (Wildman–Crippen MR) is 121 cm³/mol.